The number of fused-ring (bicyclic) bond motifs is 1. The van der Waals surface area contributed by atoms with Crippen molar-refractivity contribution in [2.45, 2.75) is 19.9 Å². The topological polar surface area (TPSA) is 109 Å². The van der Waals surface area contributed by atoms with Gasteiger partial charge in [0.15, 0.2) is 0 Å². The van der Waals surface area contributed by atoms with Gasteiger partial charge in [0.25, 0.3) is 0 Å². The lowest BCUT2D eigenvalue weighted by molar-refractivity contribution is -0.131. The van der Waals surface area contributed by atoms with Gasteiger partial charge in [-0.15, -0.1) is 11.6 Å². The van der Waals surface area contributed by atoms with Crippen molar-refractivity contribution in [2.75, 3.05) is 37.0 Å². The molecule has 0 aromatic carbocycles. The fourth-order valence-electron chi connectivity index (χ4n) is 3.10. The second-order valence-electron chi connectivity index (χ2n) is 6.18. The Kier molecular flexibility index (Phi) is 5.59. The number of hydrogen-bond donors (Lipinski definition) is 1. The first kappa shape index (κ1) is 19.1. The van der Waals surface area contributed by atoms with Gasteiger partial charge in [-0.05, 0) is 6.92 Å². The number of carboxylic acids is 1. The van der Waals surface area contributed by atoms with E-state index in [1.807, 2.05) is 11.8 Å². The molecule has 0 saturated carbocycles. The molecule has 1 aliphatic heterocycles. The van der Waals surface area contributed by atoms with Crippen molar-refractivity contribution in [1.82, 2.24) is 19.4 Å². The van der Waals surface area contributed by atoms with Crippen molar-refractivity contribution >= 4 is 40.5 Å². The molecule has 3 rings (SSSR count). The zero-order valence-corrected chi connectivity index (χ0v) is 15.6. The summed E-state index contributed by atoms with van der Waals surface area (Å²) in [6.45, 7) is 4.56. The number of carboxylic acid groups (broad SMARTS) is 1. The van der Waals surface area contributed by atoms with Crippen LogP contribution in [0.25, 0.3) is 11.0 Å². The Morgan fingerprint density at radius 1 is 1.26 bits per heavy atom. The summed E-state index contributed by atoms with van der Waals surface area (Å²) in [5.41, 5.74) is -0.490. The van der Waals surface area contributed by atoms with E-state index in [2.05, 4.69) is 9.97 Å². The van der Waals surface area contributed by atoms with E-state index in [4.69, 9.17) is 11.6 Å². The molecule has 1 saturated heterocycles. The van der Waals surface area contributed by atoms with Crippen LogP contribution in [0.4, 0.5) is 5.95 Å². The second kappa shape index (κ2) is 7.91. The summed E-state index contributed by atoms with van der Waals surface area (Å²) in [4.78, 5) is 48.0. The molecule has 0 spiro atoms. The number of halogens is 1. The van der Waals surface area contributed by atoms with Gasteiger partial charge in [0, 0.05) is 57.4 Å². The number of aromatic nitrogens is 3. The molecule has 2 aromatic rings. The third-order valence-corrected chi connectivity index (χ3v) is 4.79. The van der Waals surface area contributed by atoms with E-state index < -0.39 is 11.4 Å². The van der Waals surface area contributed by atoms with Crippen LogP contribution in [0.15, 0.2) is 17.2 Å². The molecule has 0 unspecified atom stereocenters. The number of nitrogens with zero attached hydrogens (tertiary/aromatic N) is 5. The fraction of sp³-hybridized carbons (Fsp3) is 0.471. The lowest BCUT2D eigenvalue weighted by Crippen LogP contribution is -2.49. The van der Waals surface area contributed by atoms with Crippen molar-refractivity contribution in [2.24, 2.45) is 0 Å². The highest BCUT2D eigenvalue weighted by molar-refractivity contribution is 6.18. The van der Waals surface area contributed by atoms with Gasteiger partial charge in [0.1, 0.15) is 11.2 Å². The van der Waals surface area contributed by atoms with Crippen LogP contribution in [0, 0.1) is 0 Å². The highest BCUT2D eigenvalue weighted by atomic mass is 35.5. The standard InChI is InChI=1S/C17H20ClN5O4/c1-2-21-10-12(16(26)27)14(25)11-9-19-17(20-15(11)21)23-7-5-22(6-8-23)13(24)3-4-18/h9-10H,2-8H2,1H3,(H,26,27). The Balaban J connectivity index is 1.89. The number of anilines is 1. The Labute approximate surface area is 160 Å². The van der Waals surface area contributed by atoms with Crippen LogP contribution >= 0.6 is 11.6 Å². The van der Waals surface area contributed by atoms with Gasteiger partial charge in [-0.1, -0.05) is 0 Å². The maximum Gasteiger partial charge on any atom is 0.341 e. The first-order valence-corrected chi connectivity index (χ1v) is 9.21. The predicted octanol–water partition coefficient (Wildman–Crippen LogP) is 0.787. The molecule has 1 aliphatic rings. The van der Waals surface area contributed by atoms with Gasteiger partial charge in [-0.25, -0.2) is 9.78 Å². The molecule has 27 heavy (non-hydrogen) atoms. The molecular weight excluding hydrogens is 374 g/mol. The van der Waals surface area contributed by atoms with E-state index in [9.17, 15) is 19.5 Å². The Bertz CT molecular complexity index is 937. The number of amides is 1. The van der Waals surface area contributed by atoms with Crippen LogP contribution in [0.3, 0.4) is 0 Å². The summed E-state index contributed by atoms with van der Waals surface area (Å²) in [6, 6.07) is 0. The predicted molar refractivity (Wildman–Crippen MR) is 101 cm³/mol. The van der Waals surface area contributed by atoms with Gasteiger partial charge >= 0.3 is 5.97 Å². The molecule has 9 nitrogen and oxygen atoms in total. The highest BCUT2D eigenvalue weighted by Crippen LogP contribution is 2.16. The number of pyridine rings is 1. The van der Waals surface area contributed by atoms with Crippen LogP contribution in [0.5, 0.6) is 0 Å². The van der Waals surface area contributed by atoms with Crippen molar-refractivity contribution in [3.8, 4) is 0 Å². The zero-order valence-electron chi connectivity index (χ0n) is 14.9. The average molecular weight is 394 g/mol. The van der Waals surface area contributed by atoms with Crippen molar-refractivity contribution in [1.29, 1.82) is 0 Å². The summed E-state index contributed by atoms with van der Waals surface area (Å²) >= 11 is 5.63. The summed E-state index contributed by atoms with van der Waals surface area (Å²) in [7, 11) is 0. The number of rotatable bonds is 5. The van der Waals surface area contributed by atoms with Crippen molar-refractivity contribution < 1.29 is 14.7 Å². The molecule has 3 heterocycles. The maximum absolute atomic E-state index is 12.4. The van der Waals surface area contributed by atoms with E-state index in [1.165, 1.54) is 12.4 Å². The van der Waals surface area contributed by atoms with Crippen LogP contribution < -0.4 is 10.3 Å². The molecule has 1 fully saturated rings. The zero-order chi connectivity index (χ0) is 19.6. The summed E-state index contributed by atoms with van der Waals surface area (Å²) in [5.74, 6) is -0.479. The minimum Gasteiger partial charge on any atom is -0.477 e. The number of aryl methyl sites for hydroxylation is 1. The number of carbonyl (C=O) groups excluding carboxylic acids is 1. The lowest BCUT2D eigenvalue weighted by Gasteiger charge is -2.34. The van der Waals surface area contributed by atoms with Crippen molar-refractivity contribution in [3.63, 3.8) is 0 Å². The third kappa shape index (κ3) is 3.73. The van der Waals surface area contributed by atoms with Gasteiger partial charge in [0.05, 0.1) is 5.39 Å². The first-order chi connectivity index (χ1) is 13.0. The molecule has 0 aliphatic carbocycles. The number of alkyl halides is 1. The molecule has 1 amide bonds. The third-order valence-electron chi connectivity index (χ3n) is 4.60. The Hall–Kier alpha value is -2.68. The minimum atomic E-state index is -1.27. The van der Waals surface area contributed by atoms with E-state index in [1.54, 1.807) is 9.47 Å². The monoisotopic (exact) mass is 393 g/mol. The minimum absolute atomic E-state index is 0.0325. The number of piperazine rings is 1. The van der Waals surface area contributed by atoms with Crippen molar-refractivity contribution in [3.05, 3.63) is 28.2 Å². The maximum atomic E-state index is 12.4. The highest BCUT2D eigenvalue weighted by Gasteiger charge is 2.23. The molecule has 10 heteroatoms. The molecule has 2 aromatic heterocycles. The number of hydrogen-bond acceptors (Lipinski definition) is 6. The molecule has 0 bridgehead atoms. The SMILES string of the molecule is CCn1cc(C(=O)O)c(=O)c2cnc(N3CCN(C(=O)CCCl)CC3)nc21. The quantitative estimate of drug-likeness (QED) is 0.748. The smallest absolute Gasteiger partial charge is 0.341 e. The molecule has 1 N–H and O–H groups in total. The first-order valence-electron chi connectivity index (χ1n) is 8.68. The summed E-state index contributed by atoms with van der Waals surface area (Å²) < 4.78 is 1.63. The van der Waals surface area contributed by atoms with Crippen LogP contribution in [0.1, 0.15) is 23.7 Å². The number of carbonyl (C=O) groups is 2. The fourth-order valence-corrected chi connectivity index (χ4v) is 3.27. The summed E-state index contributed by atoms with van der Waals surface area (Å²) in [6.07, 6.45) is 3.01. The van der Waals surface area contributed by atoms with E-state index in [0.717, 1.165) is 0 Å². The van der Waals surface area contributed by atoms with Gasteiger partial charge in [0.2, 0.25) is 17.3 Å². The largest absolute Gasteiger partial charge is 0.477 e. The van der Waals surface area contributed by atoms with Gasteiger partial charge in [-0.3, -0.25) is 9.59 Å². The molecule has 144 valence electrons. The normalized spacial score (nSPS) is 14.6. The summed E-state index contributed by atoms with van der Waals surface area (Å²) in [5, 5.41) is 9.39. The Morgan fingerprint density at radius 2 is 1.96 bits per heavy atom. The second-order valence-corrected chi connectivity index (χ2v) is 6.56. The van der Waals surface area contributed by atoms with Gasteiger partial charge < -0.3 is 19.5 Å². The van der Waals surface area contributed by atoms with Crippen LogP contribution in [-0.2, 0) is 11.3 Å². The average Bonchev–Trinajstić information content (AvgIpc) is 2.68. The van der Waals surface area contributed by atoms with Crippen LogP contribution in [0.2, 0.25) is 0 Å². The Morgan fingerprint density at radius 3 is 2.56 bits per heavy atom. The molecule has 0 atom stereocenters. The molecule has 0 radical (unpaired) electrons. The van der Waals surface area contributed by atoms with Crippen LogP contribution in [-0.4, -0.2) is 68.5 Å². The molecular formula is C17H20ClN5O4. The van der Waals surface area contributed by atoms with E-state index in [-0.39, 0.29) is 16.9 Å². The lowest BCUT2D eigenvalue weighted by atomic mass is 10.2. The van der Waals surface area contributed by atoms with Gasteiger partial charge in [-0.2, -0.15) is 4.98 Å². The van der Waals surface area contributed by atoms with E-state index in [0.29, 0.717) is 56.6 Å². The number of aromatic carboxylic acids is 1. The van der Waals surface area contributed by atoms with E-state index >= 15 is 0 Å².